The molecule has 29 heavy (non-hydrogen) atoms. The lowest BCUT2D eigenvalue weighted by Crippen LogP contribution is -1.97. The third kappa shape index (κ3) is 3.60. The Morgan fingerprint density at radius 3 is 1.97 bits per heavy atom. The molecule has 0 radical (unpaired) electrons. The smallest absolute Gasteiger partial charge is 0.208 e. The maximum Gasteiger partial charge on any atom is 0.226 e. The van der Waals surface area contributed by atoms with Gasteiger partial charge in [-0.1, -0.05) is 90.8 Å². The first-order chi connectivity index (χ1) is 18.0. The van der Waals surface area contributed by atoms with Gasteiger partial charge < -0.3 is 0 Å². The van der Waals surface area contributed by atoms with Crippen LogP contribution in [-0.4, -0.2) is 15.0 Å². The summed E-state index contributed by atoms with van der Waals surface area (Å²) in [6.45, 7) is 0. The van der Waals surface area contributed by atoms with Crippen molar-refractivity contribution in [3.05, 3.63) is 102 Å². The number of halogens is 1. The maximum atomic E-state index is 8.62. The van der Waals surface area contributed by atoms with Gasteiger partial charge in [0.15, 0.2) is 11.6 Å². The summed E-state index contributed by atoms with van der Waals surface area (Å²) in [5.74, 6) is -0.0323. The molecule has 0 unspecified atom stereocenters. The van der Waals surface area contributed by atoms with Crippen molar-refractivity contribution in [2.24, 2.45) is 0 Å². The van der Waals surface area contributed by atoms with Crippen molar-refractivity contribution < 1.29 is 12.3 Å². The van der Waals surface area contributed by atoms with Crippen molar-refractivity contribution in [2.75, 3.05) is 0 Å². The standard InChI is InChI=1S/C25H16ClN3/c26-25-28-23(20-13-10-19(11-14-20)17-6-2-1-3-7-17)27-24(29-25)22-15-12-18-8-4-5-9-21(18)16-22/h1-16H/i1D,2D,3D,6D,7D,10D,11D,13D,14D. The van der Waals surface area contributed by atoms with Gasteiger partial charge in [0.25, 0.3) is 0 Å². The quantitative estimate of drug-likeness (QED) is 0.338. The van der Waals surface area contributed by atoms with E-state index in [1.165, 1.54) is 0 Å². The Hall–Kier alpha value is -3.56. The lowest BCUT2D eigenvalue weighted by Gasteiger charge is -2.07. The third-order valence-corrected chi connectivity index (χ3v) is 4.38. The number of hydrogen-bond acceptors (Lipinski definition) is 3. The number of fused-ring (bicyclic) bond motifs is 1. The van der Waals surface area contributed by atoms with Crippen LogP contribution in [0.25, 0.3) is 44.7 Å². The molecule has 1 heterocycles. The van der Waals surface area contributed by atoms with Gasteiger partial charge in [-0.15, -0.1) is 0 Å². The Balaban J connectivity index is 1.73. The predicted molar refractivity (Wildman–Crippen MR) is 119 cm³/mol. The van der Waals surface area contributed by atoms with E-state index in [4.69, 9.17) is 23.9 Å². The fourth-order valence-corrected chi connectivity index (χ4v) is 3.00. The Kier molecular flexibility index (Phi) is 2.64. The lowest BCUT2D eigenvalue weighted by molar-refractivity contribution is 1.07. The molecule has 0 N–H and O–H groups in total. The molecule has 138 valence electrons. The number of rotatable bonds is 3. The predicted octanol–water partition coefficient (Wildman–Crippen LogP) is 6.68. The van der Waals surface area contributed by atoms with Crippen LogP contribution < -0.4 is 0 Å². The van der Waals surface area contributed by atoms with Crippen molar-refractivity contribution in [3.63, 3.8) is 0 Å². The first-order valence-electron chi connectivity index (χ1n) is 13.1. The van der Waals surface area contributed by atoms with Gasteiger partial charge in [-0.25, -0.2) is 4.98 Å². The van der Waals surface area contributed by atoms with Gasteiger partial charge >= 0.3 is 0 Å². The van der Waals surface area contributed by atoms with Crippen LogP contribution >= 0.6 is 11.6 Å². The van der Waals surface area contributed by atoms with Gasteiger partial charge in [-0.2, -0.15) is 9.97 Å². The maximum absolute atomic E-state index is 8.62. The second-order valence-electron chi connectivity index (χ2n) is 6.06. The zero-order valence-electron chi connectivity index (χ0n) is 23.8. The second-order valence-corrected chi connectivity index (χ2v) is 6.40. The highest BCUT2D eigenvalue weighted by Gasteiger charge is 2.10. The summed E-state index contributed by atoms with van der Waals surface area (Å²) in [5, 5.41) is 1.71. The number of nitrogens with zero attached hydrogens (tertiary/aromatic N) is 3. The van der Waals surface area contributed by atoms with E-state index in [0.29, 0.717) is 5.56 Å². The molecule has 0 aliphatic heterocycles. The topological polar surface area (TPSA) is 38.7 Å². The molecule has 0 saturated heterocycles. The van der Waals surface area contributed by atoms with Crippen molar-refractivity contribution in [2.45, 2.75) is 0 Å². The van der Waals surface area contributed by atoms with Crippen molar-refractivity contribution >= 4 is 22.4 Å². The lowest BCUT2D eigenvalue weighted by atomic mass is 10.0. The molecule has 0 saturated carbocycles. The summed E-state index contributed by atoms with van der Waals surface area (Å²) >= 11 is 6.18. The first kappa shape index (κ1) is 10.3. The molecule has 0 fully saturated rings. The van der Waals surface area contributed by atoms with Gasteiger partial charge in [-0.05, 0) is 39.6 Å². The van der Waals surface area contributed by atoms with E-state index in [-0.39, 0.29) is 22.5 Å². The van der Waals surface area contributed by atoms with E-state index in [1.807, 2.05) is 36.4 Å². The monoisotopic (exact) mass is 402 g/mol. The van der Waals surface area contributed by atoms with Gasteiger partial charge in [0, 0.05) is 11.1 Å². The summed E-state index contributed by atoms with van der Waals surface area (Å²) < 4.78 is 74.5. The Labute approximate surface area is 186 Å². The normalized spacial score (nSPS) is 15.3. The van der Waals surface area contributed by atoms with Crippen LogP contribution in [0.5, 0.6) is 0 Å². The van der Waals surface area contributed by atoms with Crippen molar-refractivity contribution in [1.29, 1.82) is 0 Å². The van der Waals surface area contributed by atoms with E-state index >= 15 is 0 Å². The van der Waals surface area contributed by atoms with Crippen LogP contribution in [0.15, 0.2) is 96.8 Å². The van der Waals surface area contributed by atoms with Crippen LogP contribution in [0, 0.1) is 0 Å². The Morgan fingerprint density at radius 1 is 0.586 bits per heavy atom. The summed E-state index contributed by atoms with van der Waals surface area (Å²) in [6.07, 6.45) is 0. The van der Waals surface area contributed by atoms with E-state index in [0.717, 1.165) is 10.8 Å². The van der Waals surface area contributed by atoms with Gasteiger partial charge in [0.05, 0.1) is 12.3 Å². The van der Waals surface area contributed by atoms with Gasteiger partial charge in [0.1, 0.15) is 0 Å². The summed E-state index contributed by atoms with van der Waals surface area (Å²) in [6, 6.07) is 7.67. The molecule has 4 aromatic carbocycles. The van der Waals surface area contributed by atoms with E-state index < -0.39 is 65.5 Å². The Bertz CT molecular complexity index is 1740. The largest absolute Gasteiger partial charge is 0.226 e. The third-order valence-electron chi connectivity index (χ3n) is 4.21. The highest BCUT2D eigenvalue weighted by atomic mass is 35.5. The van der Waals surface area contributed by atoms with E-state index in [9.17, 15) is 0 Å². The zero-order valence-corrected chi connectivity index (χ0v) is 15.5. The highest BCUT2D eigenvalue weighted by molar-refractivity contribution is 6.28. The van der Waals surface area contributed by atoms with Crippen LogP contribution in [0.1, 0.15) is 12.3 Å². The van der Waals surface area contributed by atoms with Crippen molar-refractivity contribution in [1.82, 2.24) is 15.0 Å². The van der Waals surface area contributed by atoms with Crippen LogP contribution in [-0.2, 0) is 0 Å². The zero-order chi connectivity index (χ0) is 27.5. The van der Waals surface area contributed by atoms with Gasteiger partial charge in [0.2, 0.25) is 5.28 Å². The van der Waals surface area contributed by atoms with E-state index in [1.54, 1.807) is 6.07 Å². The SMILES string of the molecule is [2H]c1c([2H])c([2H])c(-c2c([2H])c([2H])c(-c3nc(Cl)nc(-c4ccc5ccccc5c4)n3)c([2H])c2[2H])c([2H])c1[2H]. The van der Waals surface area contributed by atoms with Crippen LogP contribution in [0.2, 0.25) is 5.28 Å². The average Bonchev–Trinajstić information content (AvgIpc) is 2.91. The molecule has 0 amide bonds. The molecule has 5 rings (SSSR count). The number of hydrogen-bond donors (Lipinski definition) is 0. The molecule has 4 heteroatoms. The molecule has 1 aromatic heterocycles. The molecule has 3 nitrogen and oxygen atoms in total. The molecule has 0 bridgehead atoms. The minimum absolute atomic E-state index is 0.164. The molecular weight excluding hydrogens is 378 g/mol. The fourth-order valence-electron chi connectivity index (χ4n) is 2.84. The molecule has 0 atom stereocenters. The van der Waals surface area contributed by atoms with E-state index in [2.05, 4.69) is 15.0 Å². The molecule has 5 aromatic rings. The molecular formula is C25H16ClN3. The van der Waals surface area contributed by atoms with Crippen molar-refractivity contribution in [3.8, 4) is 33.9 Å². The highest BCUT2D eigenvalue weighted by Crippen LogP contribution is 2.27. The second kappa shape index (κ2) is 7.46. The average molecular weight is 403 g/mol. The van der Waals surface area contributed by atoms with Crippen LogP contribution in [0.3, 0.4) is 0 Å². The molecule has 0 aliphatic rings. The number of benzene rings is 4. The fraction of sp³-hybridized carbons (Fsp3) is 0. The molecule has 0 aliphatic carbocycles. The van der Waals surface area contributed by atoms with Crippen LogP contribution in [0.4, 0.5) is 0 Å². The Morgan fingerprint density at radius 2 is 1.21 bits per heavy atom. The summed E-state index contributed by atoms with van der Waals surface area (Å²) in [5.41, 5.74) is -0.511. The summed E-state index contributed by atoms with van der Waals surface area (Å²) in [7, 11) is 0. The van der Waals surface area contributed by atoms with Gasteiger partial charge in [-0.3, -0.25) is 0 Å². The summed E-state index contributed by atoms with van der Waals surface area (Å²) in [4.78, 5) is 12.6. The number of aromatic nitrogens is 3. The molecule has 0 spiro atoms. The minimum Gasteiger partial charge on any atom is -0.208 e. The first-order valence-corrected chi connectivity index (χ1v) is 8.97. The minimum atomic E-state index is -0.647.